The van der Waals surface area contributed by atoms with E-state index in [1.807, 2.05) is 24.3 Å². The van der Waals surface area contributed by atoms with Gasteiger partial charge in [-0.05, 0) is 18.1 Å². The van der Waals surface area contributed by atoms with Gasteiger partial charge in [-0.3, -0.25) is 4.90 Å². The molecule has 0 fully saturated rings. The molecule has 0 saturated heterocycles. The van der Waals surface area contributed by atoms with Crippen molar-refractivity contribution in [2.75, 3.05) is 4.90 Å². The summed E-state index contributed by atoms with van der Waals surface area (Å²) in [4.78, 5) is 11.9. The smallest absolute Gasteiger partial charge is 0.412 e. The Labute approximate surface area is 70.2 Å². The van der Waals surface area contributed by atoms with Gasteiger partial charge in [0.05, 0.1) is 12.2 Å². The lowest BCUT2D eigenvalue weighted by atomic mass is 10.2. The molecule has 0 spiro atoms. The highest BCUT2D eigenvalue weighted by Crippen LogP contribution is 2.29. The number of hydrogen-bond acceptors (Lipinski definition) is 1. The van der Waals surface area contributed by atoms with Crippen LogP contribution in [0.1, 0.15) is 5.56 Å². The summed E-state index contributed by atoms with van der Waals surface area (Å²) in [6.45, 7) is 1.67. The largest absolute Gasteiger partial charge is 0.465 e. The molecular weight excluding hydrogens is 154 g/mol. The molecule has 1 aromatic carbocycles. The number of rotatable bonds is 0. The molecule has 1 N–H and O–H groups in total. The van der Waals surface area contributed by atoms with Crippen molar-refractivity contribution >= 4 is 11.8 Å². The van der Waals surface area contributed by atoms with E-state index in [0.717, 1.165) is 11.3 Å². The molecule has 61 valence electrons. The first-order valence-corrected chi connectivity index (χ1v) is 3.72. The van der Waals surface area contributed by atoms with E-state index >= 15 is 0 Å². The minimum atomic E-state index is -0.917. The van der Waals surface area contributed by atoms with Gasteiger partial charge in [0.1, 0.15) is 0 Å². The first-order valence-electron chi connectivity index (χ1n) is 3.72. The third kappa shape index (κ3) is 0.942. The molecule has 1 aromatic rings. The van der Waals surface area contributed by atoms with Crippen LogP contribution in [-0.2, 0) is 6.42 Å². The minimum absolute atomic E-state index is 0.711. The fourth-order valence-electron chi connectivity index (χ4n) is 1.39. The quantitative estimate of drug-likeness (QED) is 0.632. The van der Waals surface area contributed by atoms with Gasteiger partial charge in [0, 0.05) is 0 Å². The third-order valence-electron chi connectivity index (χ3n) is 1.95. The van der Waals surface area contributed by atoms with E-state index < -0.39 is 6.09 Å². The van der Waals surface area contributed by atoms with Crippen LogP contribution in [0.15, 0.2) is 24.3 Å². The lowest BCUT2D eigenvalue weighted by Crippen LogP contribution is -2.22. The molecule has 3 nitrogen and oxygen atoms in total. The normalized spacial score (nSPS) is 14.5. The summed E-state index contributed by atoms with van der Waals surface area (Å²) in [5.74, 6) is 0. The van der Waals surface area contributed by atoms with E-state index in [1.165, 1.54) is 4.90 Å². The van der Waals surface area contributed by atoms with Crippen molar-refractivity contribution < 1.29 is 9.90 Å². The Morgan fingerprint density at radius 1 is 1.42 bits per heavy atom. The number of anilines is 1. The topological polar surface area (TPSA) is 40.5 Å². The molecule has 1 amide bonds. The van der Waals surface area contributed by atoms with E-state index in [9.17, 15) is 4.79 Å². The summed E-state index contributed by atoms with van der Waals surface area (Å²) in [5, 5.41) is 8.75. The first kappa shape index (κ1) is 7.16. The standard InChI is InChI=1S/C9H8NO2/c11-9(12)10-6-5-7-3-1-2-4-8(7)10/h1-4,6H,5H2,(H,11,12). The van der Waals surface area contributed by atoms with Crippen LogP contribution in [0.2, 0.25) is 0 Å². The highest BCUT2D eigenvalue weighted by atomic mass is 16.4. The monoisotopic (exact) mass is 162 g/mol. The molecule has 12 heavy (non-hydrogen) atoms. The Kier molecular flexibility index (Phi) is 1.50. The van der Waals surface area contributed by atoms with E-state index in [0.29, 0.717) is 6.42 Å². The number of carbonyl (C=O) groups is 1. The maximum absolute atomic E-state index is 10.7. The van der Waals surface area contributed by atoms with Gasteiger partial charge in [-0.25, -0.2) is 4.79 Å². The van der Waals surface area contributed by atoms with E-state index in [2.05, 4.69) is 0 Å². The molecule has 1 aliphatic rings. The Morgan fingerprint density at radius 3 is 2.92 bits per heavy atom. The van der Waals surface area contributed by atoms with Crippen molar-refractivity contribution in [3.63, 3.8) is 0 Å². The van der Waals surface area contributed by atoms with Crippen LogP contribution in [0.3, 0.4) is 0 Å². The van der Waals surface area contributed by atoms with Crippen molar-refractivity contribution in [2.45, 2.75) is 6.42 Å². The van der Waals surface area contributed by atoms with Gasteiger partial charge in [-0.1, -0.05) is 18.2 Å². The molecule has 3 heteroatoms. The van der Waals surface area contributed by atoms with E-state index in [-0.39, 0.29) is 0 Å². The Bertz CT molecular complexity index is 322. The Hall–Kier alpha value is -1.51. The van der Waals surface area contributed by atoms with Crippen molar-refractivity contribution in [3.8, 4) is 0 Å². The van der Waals surface area contributed by atoms with Crippen molar-refractivity contribution in [2.24, 2.45) is 0 Å². The zero-order chi connectivity index (χ0) is 8.55. The molecule has 0 unspecified atom stereocenters. The van der Waals surface area contributed by atoms with Crippen LogP contribution in [0.5, 0.6) is 0 Å². The zero-order valence-corrected chi connectivity index (χ0v) is 6.40. The van der Waals surface area contributed by atoms with Crippen LogP contribution >= 0.6 is 0 Å². The maximum atomic E-state index is 10.7. The van der Waals surface area contributed by atoms with Crippen molar-refractivity contribution in [1.29, 1.82) is 0 Å². The average Bonchev–Trinajstić information content (AvgIpc) is 2.47. The van der Waals surface area contributed by atoms with Crippen LogP contribution in [0, 0.1) is 6.54 Å². The fraction of sp³-hybridized carbons (Fsp3) is 0.111. The summed E-state index contributed by atoms with van der Waals surface area (Å²) in [6, 6.07) is 7.51. The predicted molar refractivity (Wildman–Crippen MR) is 44.9 cm³/mol. The molecule has 2 rings (SSSR count). The number of benzene rings is 1. The average molecular weight is 162 g/mol. The van der Waals surface area contributed by atoms with Gasteiger partial charge in [0.25, 0.3) is 0 Å². The van der Waals surface area contributed by atoms with E-state index in [4.69, 9.17) is 5.11 Å². The summed E-state index contributed by atoms with van der Waals surface area (Å²) in [6.07, 6.45) is -0.206. The molecule has 0 saturated carbocycles. The lowest BCUT2D eigenvalue weighted by Gasteiger charge is -2.10. The summed E-state index contributed by atoms with van der Waals surface area (Å²) >= 11 is 0. The van der Waals surface area contributed by atoms with Gasteiger partial charge in [0.2, 0.25) is 0 Å². The highest BCUT2D eigenvalue weighted by molar-refractivity contribution is 5.90. The first-order chi connectivity index (χ1) is 5.79. The number of hydrogen-bond donors (Lipinski definition) is 1. The third-order valence-corrected chi connectivity index (χ3v) is 1.95. The number of fused-ring (bicyclic) bond motifs is 1. The zero-order valence-electron chi connectivity index (χ0n) is 6.40. The maximum Gasteiger partial charge on any atom is 0.412 e. The van der Waals surface area contributed by atoms with Crippen LogP contribution in [0.4, 0.5) is 10.5 Å². The lowest BCUT2D eigenvalue weighted by molar-refractivity contribution is 0.204. The number of para-hydroxylation sites is 1. The van der Waals surface area contributed by atoms with Crippen LogP contribution in [-0.4, -0.2) is 11.2 Å². The molecule has 0 aromatic heterocycles. The van der Waals surface area contributed by atoms with Crippen molar-refractivity contribution in [3.05, 3.63) is 36.4 Å². The second-order valence-electron chi connectivity index (χ2n) is 2.67. The van der Waals surface area contributed by atoms with Gasteiger partial charge in [-0.15, -0.1) is 0 Å². The predicted octanol–water partition coefficient (Wildman–Crippen LogP) is 1.89. The number of carboxylic acid groups (broad SMARTS) is 1. The molecule has 0 atom stereocenters. The molecule has 0 aliphatic carbocycles. The molecular formula is C9H8NO2. The SMILES string of the molecule is O=C(O)N1[CH]Cc2ccccc21. The molecule has 1 heterocycles. The number of nitrogens with zero attached hydrogens (tertiary/aromatic N) is 1. The van der Waals surface area contributed by atoms with Gasteiger partial charge in [-0.2, -0.15) is 0 Å². The number of amides is 1. The minimum Gasteiger partial charge on any atom is -0.465 e. The van der Waals surface area contributed by atoms with Crippen molar-refractivity contribution in [1.82, 2.24) is 0 Å². The second-order valence-corrected chi connectivity index (χ2v) is 2.67. The van der Waals surface area contributed by atoms with Gasteiger partial charge in [0.15, 0.2) is 0 Å². The second kappa shape index (κ2) is 2.52. The van der Waals surface area contributed by atoms with Crippen LogP contribution < -0.4 is 4.90 Å². The fourth-order valence-corrected chi connectivity index (χ4v) is 1.39. The molecule has 1 radical (unpaired) electrons. The summed E-state index contributed by atoms with van der Waals surface area (Å²) in [7, 11) is 0. The summed E-state index contributed by atoms with van der Waals surface area (Å²) < 4.78 is 0. The van der Waals surface area contributed by atoms with E-state index in [1.54, 1.807) is 6.54 Å². The van der Waals surface area contributed by atoms with Gasteiger partial charge < -0.3 is 5.11 Å². The molecule has 1 aliphatic heterocycles. The van der Waals surface area contributed by atoms with Crippen LogP contribution in [0.25, 0.3) is 0 Å². The molecule has 0 bridgehead atoms. The Balaban J connectivity index is 2.42. The van der Waals surface area contributed by atoms with Gasteiger partial charge >= 0.3 is 6.09 Å². The Morgan fingerprint density at radius 2 is 2.17 bits per heavy atom. The highest BCUT2D eigenvalue weighted by Gasteiger charge is 2.23. The summed E-state index contributed by atoms with van der Waals surface area (Å²) in [5.41, 5.74) is 1.85.